The molecule has 192 valence electrons. The minimum Gasteiger partial charge on any atom is -0.507 e. The Morgan fingerprint density at radius 2 is 1.70 bits per heavy atom. The molecular weight excluding hydrogens is 470 g/mol. The number of carbonyl (C=O) groups is 2. The van der Waals surface area contributed by atoms with Crippen molar-refractivity contribution in [2.24, 2.45) is 0 Å². The van der Waals surface area contributed by atoms with E-state index in [0.29, 0.717) is 47.3 Å². The summed E-state index contributed by atoms with van der Waals surface area (Å²) in [4.78, 5) is 28.3. The highest BCUT2D eigenvalue weighted by Gasteiger charge is 2.47. The van der Waals surface area contributed by atoms with E-state index in [9.17, 15) is 14.7 Å². The first-order chi connectivity index (χ1) is 17.9. The minimum absolute atomic E-state index is 0.00125. The zero-order valence-corrected chi connectivity index (χ0v) is 21.5. The number of aliphatic hydroxyl groups is 1. The molecule has 1 saturated heterocycles. The summed E-state index contributed by atoms with van der Waals surface area (Å²) in [5.41, 5.74) is 2.51. The van der Waals surface area contributed by atoms with E-state index in [0.717, 1.165) is 12.0 Å². The van der Waals surface area contributed by atoms with Gasteiger partial charge in [-0.05, 0) is 79.9 Å². The monoisotopic (exact) mass is 501 g/mol. The Balaban J connectivity index is 1.89. The first kappa shape index (κ1) is 25.8. The quantitative estimate of drug-likeness (QED) is 0.226. The minimum atomic E-state index is -0.872. The average Bonchev–Trinajstić information content (AvgIpc) is 3.17. The number of nitrogens with zero attached hydrogens (tertiary/aromatic N) is 1. The van der Waals surface area contributed by atoms with Gasteiger partial charge in [0.1, 0.15) is 11.5 Å². The zero-order chi connectivity index (χ0) is 26.5. The van der Waals surface area contributed by atoms with Crippen molar-refractivity contribution in [1.29, 1.82) is 0 Å². The zero-order valence-electron chi connectivity index (χ0n) is 21.5. The first-order valence-electron chi connectivity index (χ1n) is 12.3. The predicted octanol–water partition coefficient (Wildman–Crippen LogP) is 5.82. The number of Topliss-reactive ketones (excluding diaryl/α,β-unsaturated/α-hetero) is 1. The maximum atomic E-state index is 13.4. The van der Waals surface area contributed by atoms with Gasteiger partial charge in [-0.2, -0.15) is 0 Å². The standard InChI is InChI=1S/C30H31NO6/c1-5-16-37-23-13-10-20(11-14-23)28(32)26-27(21-12-15-24(35-4)25(18-21)36-6-2)31(30(34)29(26)33)22-9-7-8-19(3)17-22/h7-15,17-18,27,32H,5-6,16H2,1-4H3/b28-26-. The first-order valence-corrected chi connectivity index (χ1v) is 12.3. The number of rotatable bonds is 9. The van der Waals surface area contributed by atoms with E-state index in [4.69, 9.17) is 14.2 Å². The van der Waals surface area contributed by atoms with Crippen molar-refractivity contribution in [3.8, 4) is 17.2 Å². The fraction of sp³-hybridized carbons (Fsp3) is 0.267. The van der Waals surface area contributed by atoms with Crippen molar-refractivity contribution in [3.63, 3.8) is 0 Å². The lowest BCUT2D eigenvalue weighted by molar-refractivity contribution is -0.132. The van der Waals surface area contributed by atoms with Crippen LogP contribution < -0.4 is 19.1 Å². The van der Waals surface area contributed by atoms with Crippen molar-refractivity contribution in [3.05, 3.63) is 89.0 Å². The number of aryl methyl sites for hydroxylation is 1. The van der Waals surface area contributed by atoms with Gasteiger partial charge in [-0.25, -0.2) is 0 Å². The topological polar surface area (TPSA) is 85.3 Å². The molecule has 0 aliphatic carbocycles. The molecule has 1 amide bonds. The Kier molecular flexibility index (Phi) is 7.82. The van der Waals surface area contributed by atoms with E-state index in [1.165, 1.54) is 4.90 Å². The normalized spacial score (nSPS) is 16.6. The molecule has 1 aliphatic rings. The fourth-order valence-corrected chi connectivity index (χ4v) is 4.41. The van der Waals surface area contributed by atoms with Gasteiger partial charge in [-0.15, -0.1) is 0 Å². The summed E-state index contributed by atoms with van der Waals surface area (Å²) in [6, 6.07) is 18.6. The summed E-state index contributed by atoms with van der Waals surface area (Å²) in [6.45, 7) is 6.77. The van der Waals surface area contributed by atoms with Crippen LogP contribution >= 0.6 is 0 Å². The third-order valence-corrected chi connectivity index (χ3v) is 6.13. The molecule has 0 radical (unpaired) electrons. The van der Waals surface area contributed by atoms with E-state index >= 15 is 0 Å². The Bertz CT molecular complexity index is 1330. The number of ketones is 1. The van der Waals surface area contributed by atoms with Crippen molar-refractivity contribution in [2.75, 3.05) is 25.2 Å². The molecule has 1 atom stereocenters. The Morgan fingerprint density at radius 1 is 0.946 bits per heavy atom. The lowest BCUT2D eigenvalue weighted by Gasteiger charge is -2.26. The van der Waals surface area contributed by atoms with Crippen molar-refractivity contribution < 1.29 is 28.9 Å². The van der Waals surface area contributed by atoms with Crippen molar-refractivity contribution >= 4 is 23.1 Å². The Labute approximate surface area is 216 Å². The average molecular weight is 502 g/mol. The highest BCUT2D eigenvalue weighted by molar-refractivity contribution is 6.51. The van der Waals surface area contributed by atoms with Gasteiger partial charge in [-0.1, -0.05) is 25.1 Å². The van der Waals surface area contributed by atoms with E-state index in [2.05, 4.69) is 0 Å². The third kappa shape index (κ3) is 5.16. The van der Waals surface area contributed by atoms with Crippen LogP contribution in [0.1, 0.15) is 43.0 Å². The smallest absolute Gasteiger partial charge is 0.300 e. The van der Waals surface area contributed by atoms with E-state index in [1.54, 1.807) is 55.6 Å². The van der Waals surface area contributed by atoms with Gasteiger partial charge in [0.05, 0.1) is 31.9 Å². The number of benzene rings is 3. The summed E-state index contributed by atoms with van der Waals surface area (Å²) >= 11 is 0. The van der Waals surface area contributed by atoms with Gasteiger partial charge in [0, 0.05) is 11.3 Å². The number of ether oxygens (including phenoxy) is 3. The lowest BCUT2D eigenvalue weighted by atomic mass is 9.94. The molecule has 3 aromatic rings. The van der Waals surface area contributed by atoms with Crippen LogP contribution in [0.15, 0.2) is 72.3 Å². The highest BCUT2D eigenvalue weighted by Crippen LogP contribution is 2.44. The van der Waals surface area contributed by atoms with Gasteiger partial charge < -0.3 is 19.3 Å². The molecule has 1 unspecified atom stereocenters. The van der Waals surface area contributed by atoms with Gasteiger partial charge >= 0.3 is 0 Å². The molecule has 1 aliphatic heterocycles. The number of methoxy groups -OCH3 is 1. The second kappa shape index (κ2) is 11.2. The van der Waals surface area contributed by atoms with E-state index in [1.807, 2.05) is 39.0 Å². The molecule has 1 N–H and O–H groups in total. The maximum Gasteiger partial charge on any atom is 0.300 e. The molecular formula is C30H31NO6. The molecule has 1 heterocycles. The summed E-state index contributed by atoms with van der Waals surface area (Å²) < 4.78 is 16.8. The van der Waals surface area contributed by atoms with E-state index in [-0.39, 0.29) is 11.3 Å². The SMILES string of the molecule is CCCOc1ccc(/C(O)=C2/C(=O)C(=O)N(c3cccc(C)c3)C2c2ccc(OC)c(OCC)c2)cc1. The second-order valence-corrected chi connectivity index (χ2v) is 8.72. The molecule has 7 heteroatoms. The van der Waals surface area contributed by atoms with Crippen LogP contribution in [0.5, 0.6) is 17.2 Å². The summed E-state index contributed by atoms with van der Waals surface area (Å²) in [5, 5.41) is 11.4. The van der Waals surface area contributed by atoms with Crippen LogP contribution in [0.25, 0.3) is 5.76 Å². The lowest BCUT2D eigenvalue weighted by Crippen LogP contribution is -2.29. The van der Waals surface area contributed by atoms with Gasteiger partial charge in [0.25, 0.3) is 11.7 Å². The molecule has 4 rings (SSSR count). The highest BCUT2D eigenvalue weighted by atomic mass is 16.5. The molecule has 37 heavy (non-hydrogen) atoms. The van der Waals surface area contributed by atoms with Crippen LogP contribution in [-0.4, -0.2) is 37.1 Å². The number of carbonyl (C=O) groups excluding carboxylic acids is 2. The van der Waals surface area contributed by atoms with Crippen molar-refractivity contribution in [2.45, 2.75) is 33.2 Å². The molecule has 0 bridgehead atoms. The Hall–Kier alpha value is -4.26. The molecule has 0 saturated carbocycles. The van der Waals surface area contributed by atoms with E-state index < -0.39 is 17.7 Å². The van der Waals surface area contributed by atoms with Crippen molar-refractivity contribution in [1.82, 2.24) is 0 Å². The molecule has 0 aromatic heterocycles. The Morgan fingerprint density at radius 3 is 2.35 bits per heavy atom. The van der Waals surface area contributed by atoms with Crippen LogP contribution in [0.3, 0.4) is 0 Å². The van der Waals surface area contributed by atoms with Crippen LogP contribution in [0.2, 0.25) is 0 Å². The van der Waals surface area contributed by atoms with Crippen LogP contribution in [0, 0.1) is 6.92 Å². The maximum absolute atomic E-state index is 13.4. The summed E-state index contributed by atoms with van der Waals surface area (Å²) in [7, 11) is 1.55. The molecule has 0 spiro atoms. The number of aliphatic hydroxyl groups excluding tert-OH is 1. The van der Waals surface area contributed by atoms with Gasteiger partial charge in [0.2, 0.25) is 0 Å². The third-order valence-electron chi connectivity index (χ3n) is 6.13. The number of anilines is 1. The van der Waals surface area contributed by atoms with Gasteiger partial charge in [-0.3, -0.25) is 14.5 Å². The molecule has 3 aromatic carbocycles. The number of amides is 1. The van der Waals surface area contributed by atoms with Crippen LogP contribution in [0.4, 0.5) is 5.69 Å². The predicted molar refractivity (Wildman–Crippen MR) is 142 cm³/mol. The fourth-order valence-electron chi connectivity index (χ4n) is 4.41. The van der Waals surface area contributed by atoms with Gasteiger partial charge in [0.15, 0.2) is 11.5 Å². The number of hydrogen-bond donors (Lipinski definition) is 1. The largest absolute Gasteiger partial charge is 0.507 e. The molecule has 1 fully saturated rings. The van der Waals surface area contributed by atoms with Crippen LogP contribution in [-0.2, 0) is 9.59 Å². The summed E-state index contributed by atoms with van der Waals surface area (Å²) in [6.07, 6.45) is 0.871. The summed E-state index contributed by atoms with van der Waals surface area (Å²) in [5.74, 6) is -0.0607. The number of hydrogen-bond acceptors (Lipinski definition) is 6. The second-order valence-electron chi connectivity index (χ2n) is 8.72. The molecule has 7 nitrogen and oxygen atoms in total.